The summed E-state index contributed by atoms with van der Waals surface area (Å²) in [6.07, 6.45) is 2.72. The van der Waals surface area contributed by atoms with Crippen molar-refractivity contribution in [3.05, 3.63) is 58.4 Å². The monoisotopic (exact) mass is 313 g/mol. The van der Waals surface area contributed by atoms with E-state index in [2.05, 4.69) is 27.1 Å². The van der Waals surface area contributed by atoms with Gasteiger partial charge in [-0.15, -0.1) is 0 Å². The highest BCUT2D eigenvalue weighted by atomic mass is 32.1. The van der Waals surface area contributed by atoms with E-state index in [9.17, 15) is 0 Å². The number of fused-ring (bicyclic) bond motifs is 1. The van der Waals surface area contributed by atoms with Crippen LogP contribution in [-0.2, 0) is 6.42 Å². The van der Waals surface area contributed by atoms with Crippen molar-refractivity contribution in [3.63, 3.8) is 0 Å². The average molecular weight is 313 g/mol. The summed E-state index contributed by atoms with van der Waals surface area (Å²) >= 11 is 6.86. The highest BCUT2D eigenvalue weighted by Crippen LogP contribution is 2.25. The van der Waals surface area contributed by atoms with Crippen LogP contribution in [0.15, 0.2) is 47.3 Å². The van der Waals surface area contributed by atoms with Crippen molar-refractivity contribution in [2.24, 2.45) is 5.73 Å². The molecule has 1 aromatic carbocycles. The third-order valence-corrected chi connectivity index (χ3v) is 4.29. The van der Waals surface area contributed by atoms with Crippen molar-refractivity contribution in [1.82, 2.24) is 4.98 Å². The number of benzene rings is 1. The third kappa shape index (κ3) is 3.04. The lowest BCUT2D eigenvalue weighted by Gasteiger charge is -2.13. The first-order valence-electron chi connectivity index (χ1n) is 6.68. The molecule has 2 aromatic heterocycles. The fourth-order valence-corrected chi connectivity index (χ4v) is 3.14. The smallest absolute Gasteiger partial charge is 0.107 e. The number of nitrogens with one attached hydrogen (secondary N) is 1. The molecule has 0 bridgehead atoms. The van der Waals surface area contributed by atoms with Crippen LogP contribution in [0.25, 0.3) is 10.9 Å². The molecular formula is C16H15N3S2. The van der Waals surface area contributed by atoms with Crippen molar-refractivity contribution in [3.8, 4) is 0 Å². The van der Waals surface area contributed by atoms with Crippen LogP contribution in [0, 0.1) is 0 Å². The molecule has 3 aromatic rings. The minimum atomic E-state index is 0.367. The lowest BCUT2D eigenvalue weighted by Crippen LogP contribution is -2.15. The first kappa shape index (κ1) is 14.0. The van der Waals surface area contributed by atoms with E-state index in [-0.39, 0.29) is 0 Å². The number of hydrogen-bond acceptors (Lipinski definition) is 4. The lowest BCUT2D eigenvalue weighted by atomic mass is 10.1. The van der Waals surface area contributed by atoms with E-state index in [4.69, 9.17) is 18.0 Å². The van der Waals surface area contributed by atoms with Crippen molar-refractivity contribution >= 4 is 45.1 Å². The molecule has 5 heteroatoms. The average Bonchev–Trinajstić information content (AvgIpc) is 3.00. The van der Waals surface area contributed by atoms with Crippen LogP contribution < -0.4 is 11.1 Å². The number of pyridine rings is 1. The fourth-order valence-electron chi connectivity index (χ4n) is 2.29. The number of anilines is 1. The van der Waals surface area contributed by atoms with Gasteiger partial charge in [-0.25, -0.2) is 0 Å². The van der Waals surface area contributed by atoms with Crippen molar-refractivity contribution in [2.75, 3.05) is 11.9 Å². The Labute approximate surface area is 132 Å². The largest absolute Gasteiger partial charge is 0.389 e. The number of thiocarbonyl (C=S) groups is 1. The van der Waals surface area contributed by atoms with Gasteiger partial charge >= 0.3 is 0 Å². The van der Waals surface area contributed by atoms with Gasteiger partial charge in [0.15, 0.2) is 0 Å². The molecule has 3 nitrogen and oxygen atoms in total. The molecule has 0 aliphatic heterocycles. The number of aromatic nitrogens is 1. The van der Waals surface area contributed by atoms with Crippen LogP contribution in [-0.4, -0.2) is 16.5 Å². The van der Waals surface area contributed by atoms with Gasteiger partial charge in [-0.1, -0.05) is 30.4 Å². The summed E-state index contributed by atoms with van der Waals surface area (Å²) in [6, 6.07) is 10.1. The zero-order valence-corrected chi connectivity index (χ0v) is 13.0. The molecule has 3 N–H and O–H groups in total. The zero-order chi connectivity index (χ0) is 14.7. The maximum Gasteiger partial charge on any atom is 0.107 e. The van der Waals surface area contributed by atoms with Gasteiger partial charge in [0, 0.05) is 18.1 Å². The minimum Gasteiger partial charge on any atom is -0.389 e. The third-order valence-electron chi connectivity index (χ3n) is 3.34. The second-order valence-corrected chi connectivity index (χ2v) is 5.96. The van der Waals surface area contributed by atoms with E-state index in [0.717, 1.165) is 35.1 Å². The van der Waals surface area contributed by atoms with Crippen molar-refractivity contribution in [2.45, 2.75) is 6.42 Å². The van der Waals surface area contributed by atoms with E-state index in [1.54, 1.807) is 17.5 Å². The van der Waals surface area contributed by atoms with E-state index >= 15 is 0 Å². The SMILES string of the molecule is NC(=S)c1cnc2ccccc2c1NCCc1ccsc1. The minimum absolute atomic E-state index is 0.367. The highest BCUT2D eigenvalue weighted by Gasteiger charge is 2.10. The number of para-hydroxylation sites is 1. The molecule has 2 heterocycles. The predicted octanol–water partition coefficient (Wildman–Crippen LogP) is 3.59. The Balaban J connectivity index is 1.90. The van der Waals surface area contributed by atoms with Gasteiger partial charge in [0.1, 0.15) is 4.99 Å². The van der Waals surface area contributed by atoms with Crippen LogP contribution in [0.5, 0.6) is 0 Å². The fraction of sp³-hybridized carbons (Fsp3) is 0.125. The van der Waals surface area contributed by atoms with E-state index < -0.39 is 0 Å². The van der Waals surface area contributed by atoms with Crippen LogP contribution in [0.1, 0.15) is 11.1 Å². The summed E-state index contributed by atoms with van der Waals surface area (Å²) in [4.78, 5) is 4.78. The second kappa shape index (κ2) is 6.20. The van der Waals surface area contributed by atoms with Crippen molar-refractivity contribution in [1.29, 1.82) is 0 Å². The molecule has 3 rings (SSSR count). The molecule has 0 amide bonds. The van der Waals surface area contributed by atoms with Crippen molar-refractivity contribution < 1.29 is 0 Å². The first-order chi connectivity index (χ1) is 10.3. The van der Waals surface area contributed by atoms with Crippen LogP contribution in [0.2, 0.25) is 0 Å². The van der Waals surface area contributed by atoms with E-state index in [0.29, 0.717) is 4.99 Å². The topological polar surface area (TPSA) is 50.9 Å². The molecule has 0 aliphatic rings. The van der Waals surface area contributed by atoms with Gasteiger partial charge in [-0.05, 0) is 34.9 Å². The quantitative estimate of drug-likeness (QED) is 0.707. The van der Waals surface area contributed by atoms with Gasteiger partial charge in [-0.3, -0.25) is 4.98 Å². The van der Waals surface area contributed by atoms with E-state index in [1.165, 1.54) is 5.56 Å². The highest BCUT2D eigenvalue weighted by molar-refractivity contribution is 7.80. The Morgan fingerprint density at radius 3 is 2.90 bits per heavy atom. The molecule has 0 fully saturated rings. The molecule has 0 unspecified atom stereocenters. The maximum atomic E-state index is 5.83. The molecule has 21 heavy (non-hydrogen) atoms. The van der Waals surface area contributed by atoms with Gasteiger partial charge in [0.05, 0.1) is 16.8 Å². The maximum absolute atomic E-state index is 5.83. The molecule has 106 valence electrons. The zero-order valence-electron chi connectivity index (χ0n) is 11.4. The summed E-state index contributed by atoms with van der Waals surface area (Å²) in [5, 5.41) is 8.78. The van der Waals surface area contributed by atoms with Crippen LogP contribution in [0.4, 0.5) is 5.69 Å². The Hall–Kier alpha value is -1.98. The molecule has 0 atom stereocenters. The summed E-state index contributed by atoms with van der Waals surface area (Å²) in [5.74, 6) is 0. The van der Waals surface area contributed by atoms with Gasteiger partial charge in [0.25, 0.3) is 0 Å². The summed E-state index contributed by atoms with van der Waals surface area (Å²) < 4.78 is 0. The van der Waals surface area contributed by atoms with Gasteiger partial charge in [-0.2, -0.15) is 11.3 Å². The van der Waals surface area contributed by atoms with Gasteiger partial charge < -0.3 is 11.1 Å². The number of nitrogens with zero attached hydrogens (tertiary/aromatic N) is 1. The van der Waals surface area contributed by atoms with E-state index in [1.807, 2.05) is 24.3 Å². The number of thiophene rings is 1. The Kier molecular flexibility index (Phi) is 4.13. The Bertz CT molecular complexity index is 766. The second-order valence-electron chi connectivity index (χ2n) is 4.74. The Morgan fingerprint density at radius 1 is 1.29 bits per heavy atom. The number of rotatable bonds is 5. The first-order valence-corrected chi connectivity index (χ1v) is 8.03. The molecule has 0 aliphatic carbocycles. The summed E-state index contributed by atoms with van der Waals surface area (Å²) in [5.41, 5.74) is 9.88. The predicted molar refractivity (Wildman–Crippen MR) is 94.1 cm³/mol. The standard InChI is InChI=1S/C16H15N3S2/c17-16(20)13-9-19-14-4-2-1-3-12(14)15(13)18-7-5-11-6-8-21-10-11/h1-4,6,8-10H,5,7H2,(H2,17,20)(H,18,19). The van der Waals surface area contributed by atoms with Gasteiger partial charge in [0.2, 0.25) is 0 Å². The number of nitrogens with two attached hydrogens (primary N) is 1. The Morgan fingerprint density at radius 2 is 2.14 bits per heavy atom. The molecule has 0 saturated carbocycles. The molecule has 0 saturated heterocycles. The molecule has 0 radical (unpaired) electrons. The van der Waals surface area contributed by atoms with Crippen LogP contribution >= 0.6 is 23.6 Å². The lowest BCUT2D eigenvalue weighted by molar-refractivity contribution is 1.03. The number of hydrogen-bond donors (Lipinski definition) is 2. The summed E-state index contributed by atoms with van der Waals surface area (Å²) in [7, 11) is 0. The molecular weight excluding hydrogens is 298 g/mol. The normalized spacial score (nSPS) is 10.7. The summed E-state index contributed by atoms with van der Waals surface area (Å²) in [6.45, 7) is 0.834. The molecule has 0 spiro atoms. The van der Waals surface area contributed by atoms with Crippen LogP contribution in [0.3, 0.4) is 0 Å².